The number of ketones is 2. The van der Waals surface area contributed by atoms with Crippen molar-refractivity contribution in [2.75, 3.05) is 19.3 Å². The van der Waals surface area contributed by atoms with Crippen molar-refractivity contribution in [3.8, 4) is 5.75 Å². The van der Waals surface area contributed by atoms with Crippen molar-refractivity contribution in [1.82, 2.24) is 4.90 Å². The molecule has 1 heterocycles. The number of hydrogen-bond donors (Lipinski definition) is 0. The topological polar surface area (TPSA) is 63.7 Å². The van der Waals surface area contributed by atoms with Crippen LogP contribution < -0.4 is 4.74 Å². The van der Waals surface area contributed by atoms with Gasteiger partial charge in [-0.25, -0.2) is 0 Å². The zero-order valence-electron chi connectivity index (χ0n) is 22.9. The summed E-state index contributed by atoms with van der Waals surface area (Å²) in [6.45, 7) is 9.79. The fourth-order valence-corrected chi connectivity index (χ4v) is 5.40. The van der Waals surface area contributed by atoms with Gasteiger partial charge in [0.05, 0.1) is 0 Å². The quantitative estimate of drug-likeness (QED) is 0.246. The molecule has 0 N–H and O–H groups in total. The summed E-state index contributed by atoms with van der Waals surface area (Å²) >= 11 is 1.63. The van der Waals surface area contributed by atoms with Gasteiger partial charge in [0.15, 0.2) is 17.2 Å². The highest BCUT2D eigenvalue weighted by molar-refractivity contribution is 7.98. The van der Waals surface area contributed by atoms with Crippen LogP contribution in [0.3, 0.4) is 0 Å². The molecule has 0 radical (unpaired) electrons. The minimum absolute atomic E-state index is 0.0411. The van der Waals surface area contributed by atoms with E-state index in [0.717, 1.165) is 21.6 Å². The summed E-state index contributed by atoms with van der Waals surface area (Å²) in [5, 5.41) is 0. The lowest BCUT2D eigenvalue weighted by atomic mass is 9.82. The monoisotopic (exact) mass is 529 g/mol. The Kier molecular flexibility index (Phi) is 8.12. The van der Waals surface area contributed by atoms with E-state index in [2.05, 4.69) is 0 Å². The summed E-state index contributed by atoms with van der Waals surface area (Å²) in [4.78, 5) is 42.2. The minimum Gasteiger partial charge on any atom is -0.480 e. The van der Waals surface area contributed by atoms with Crippen molar-refractivity contribution >= 4 is 29.2 Å². The third kappa shape index (κ3) is 5.70. The lowest BCUT2D eigenvalue weighted by Crippen LogP contribution is -2.36. The van der Waals surface area contributed by atoms with Crippen LogP contribution in [0.4, 0.5) is 0 Å². The van der Waals surface area contributed by atoms with Crippen LogP contribution >= 0.6 is 11.8 Å². The number of amides is 1. The Labute approximate surface area is 229 Å². The number of hydrogen-bond acceptors (Lipinski definition) is 5. The van der Waals surface area contributed by atoms with Crippen molar-refractivity contribution in [2.24, 2.45) is 5.92 Å². The molecule has 0 bridgehead atoms. The molecule has 3 aromatic rings. The molecular weight excluding hydrogens is 494 g/mol. The zero-order valence-corrected chi connectivity index (χ0v) is 23.7. The summed E-state index contributed by atoms with van der Waals surface area (Å²) in [6, 6.07) is 21.0. The van der Waals surface area contributed by atoms with E-state index in [-0.39, 0.29) is 29.3 Å². The smallest absolute Gasteiger partial charge is 0.253 e. The van der Waals surface area contributed by atoms with Gasteiger partial charge in [0.2, 0.25) is 0 Å². The predicted molar refractivity (Wildman–Crippen MR) is 152 cm³/mol. The molecular formula is C32H35NO4S. The summed E-state index contributed by atoms with van der Waals surface area (Å²) in [7, 11) is 0. The maximum atomic E-state index is 13.8. The van der Waals surface area contributed by atoms with Gasteiger partial charge in [0, 0.05) is 40.9 Å². The number of aryl methyl sites for hydroxylation is 2. The van der Waals surface area contributed by atoms with Gasteiger partial charge in [-0.1, -0.05) is 42.5 Å². The van der Waals surface area contributed by atoms with Gasteiger partial charge in [0.25, 0.3) is 5.91 Å². The Morgan fingerprint density at radius 1 is 0.895 bits per heavy atom. The molecule has 0 saturated carbocycles. The largest absolute Gasteiger partial charge is 0.480 e. The molecule has 1 amide bonds. The molecule has 1 fully saturated rings. The highest BCUT2D eigenvalue weighted by Gasteiger charge is 2.41. The van der Waals surface area contributed by atoms with Crippen molar-refractivity contribution < 1.29 is 19.1 Å². The highest BCUT2D eigenvalue weighted by Crippen LogP contribution is 2.39. The standard InChI is InChI=1S/C32H35NO4S/c1-20-16-25(17-21(2)30(20)37-32(4,5)22(3)34)27-18-33(31(36)24-10-8-7-9-11-24)19-28(27)29(35)23-12-14-26(38-6)15-13-23/h7-17,27-28H,18-19H2,1-6H3/t27-,28+/m0/s1. The number of thioether (sulfide) groups is 1. The first-order valence-corrected chi connectivity index (χ1v) is 14.1. The molecule has 0 unspecified atom stereocenters. The van der Waals surface area contributed by atoms with Crippen molar-refractivity contribution in [3.05, 3.63) is 94.5 Å². The van der Waals surface area contributed by atoms with Crippen LogP contribution in [0.25, 0.3) is 0 Å². The Bertz CT molecular complexity index is 1320. The number of ether oxygens (including phenoxy) is 1. The molecule has 1 aliphatic heterocycles. The van der Waals surface area contributed by atoms with E-state index in [1.165, 1.54) is 6.92 Å². The molecule has 3 aromatic carbocycles. The van der Waals surface area contributed by atoms with E-state index in [1.54, 1.807) is 30.5 Å². The van der Waals surface area contributed by atoms with Crippen LogP contribution in [0.2, 0.25) is 0 Å². The van der Waals surface area contributed by atoms with E-state index in [1.807, 2.05) is 86.8 Å². The normalized spacial score (nSPS) is 17.4. The molecule has 0 aromatic heterocycles. The van der Waals surface area contributed by atoms with Crippen LogP contribution in [0.1, 0.15) is 64.1 Å². The van der Waals surface area contributed by atoms with Gasteiger partial charge in [-0.05, 0) is 81.8 Å². The number of nitrogens with zero attached hydrogens (tertiary/aromatic N) is 1. The molecule has 5 nitrogen and oxygen atoms in total. The molecule has 1 aliphatic rings. The number of rotatable bonds is 8. The Morgan fingerprint density at radius 2 is 1.50 bits per heavy atom. The Balaban J connectivity index is 1.70. The van der Waals surface area contributed by atoms with E-state index in [9.17, 15) is 14.4 Å². The second-order valence-electron chi connectivity index (χ2n) is 10.5. The van der Waals surface area contributed by atoms with Gasteiger partial charge >= 0.3 is 0 Å². The molecule has 1 saturated heterocycles. The highest BCUT2D eigenvalue weighted by atomic mass is 32.2. The fraction of sp³-hybridized carbons (Fsp3) is 0.344. The first-order chi connectivity index (χ1) is 18.0. The van der Waals surface area contributed by atoms with Crippen molar-refractivity contribution in [3.63, 3.8) is 0 Å². The first-order valence-electron chi connectivity index (χ1n) is 12.9. The van der Waals surface area contributed by atoms with Crippen molar-refractivity contribution in [1.29, 1.82) is 0 Å². The first kappa shape index (κ1) is 27.6. The van der Waals surface area contributed by atoms with Gasteiger partial charge in [0.1, 0.15) is 5.75 Å². The third-order valence-electron chi connectivity index (χ3n) is 7.46. The van der Waals surface area contributed by atoms with Crippen LogP contribution in [-0.4, -0.2) is 47.3 Å². The maximum Gasteiger partial charge on any atom is 0.253 e. The number of carbonyl (C=O) groups excluding carboxylic acids is 3. The minimum atomic E-state index is -0.940. The lowest BCUT2D eigenvalue weighted by Gasteiger charge is -2.27. The average Bonchev–Trinajstić information content (AvgIpc) is 3.36. The molecule has 6 heteroatoms. The third-order valence-corrected chi connectivity index (χ3v) is 8.20. The van der Waals surface area contributed by atoms with Gasteiger partial charge < -0.3 is 9.64 Å². The van der Waals surface area contributed by atoms with E-state index >= 15 is 0 Å². The van der Waals surface area contributed by atoms with Gasteiger partial charge in [-0.2, -0.15) is 0 Å². The summed E-state index contributed by atoms with van der Waals surface area (Å²) in [5.41, 5.74) is 3.13. The van der Waals surface area contributed by atoms with Crippen molar-refractivity contribution in [2.45, 2.75) is 51.0 Å². The molecule has 0 aliphatic carbocycles. The van der Waals surface area contributed by atoms with Crippen LogP contribution in [0, 0.1) is 19.8 Å². The summed E-state index contributed by atoms with van der Waals surface area (Å²) in [6.07, 6.45) is 2.01. The fourth-order valence-electron chi connectivity index (χ4n) is 4.99. The molecule has 0 spiro atoms. The molecule has 198 valence electrons. The van der Waals surface area contributed by atoms with Crippen LogP contribution in [-0.2, 0) is 4.79 Å². The maximum absolute atomic E-state index is 13.8. The Hall–Kier alpha value is -3.38. The molecule has 4 rings (SSSR count). The van der Waals surface area contributed by atoms with Gasteiger partial charge in [-0.15, -0.1) is 11.8 Å². The predicted octanol–water partition coefficient (Wildman–Crippen LogP) is 6.51. The molecule has 2 atom stereocenters. The number of benzene rings is 3. The van der Waals surface area contributed by atoms with E-state index < -0.39 is 5.60 Å². The Morgan fingerprint density at radius 3 is 2.05 bits per heavy atom. The average molecular weight is 530 g/mol. The molecule has 38 heavy (non-hydrogen) atoms. The second kappa shape index (κ2) is 11.2. The van der Waals surface area contributed by atoms with E-state index in [0.29, 0.717) is 30.0 Å². The zero-order chi connectivity index (χ0) is 27.6. The summed E-state index contributed by atoms with van der Waals surface area (Å²) < 4.78 is 6.14. The van der Waals surface area contributed by atoms with Crippen LogP contribution in [0.5, 0.6) is 5.75 Å². The van der Waals surface area contributed by atoms with E-state index in [4.69, 9.17) is 4.74 Å². The van der Waals surface area contributed by atoms with Gasteiger partial charge in [-0.3, -0.25) is 14.4 Å². The number of carbonyl (C=O) groups is 3. The second-order valence-corrected chi connectivity index (χ2v) is 11.4. The van der Waals surface area contributed by atoms with Crippen LogP contribution in [0.15, 0.2) is 71.6 Å². The number of Topliss-reactive ketones (excluding diaryl/α,β-unsaturated/α-hetero) is 2. The SMILES string of the molecule is CSc1ccc(C(=O)[C@@H]2CN(C(=O)c3ccccc3)C[C@H]2c2cc(C)c(OC(C)(C)C(C)=O)c(C)c2)cc1. The lowest BCUT2D eigenvalue weighted by molar-refractivity contribution is -0.129. The number of likely N-dealkylation sites (tertiary alicyclic amines) is 1. The summed E-state index contributed by atoms with van der Waals surface area (Å²) in [5.74, 6) is 0.0633.